The molecule has 0 aliphatic carbocycles. The summed E-state index contributed by atoms with van der Waals surface area (Å²) in [5, 5.41) is 0. The minimum absolute atomic E-state index is 0.0684. The fourth-order valence-corrected chi connectivity index (χ4v) is 3.22. The highest BCUT2D eigenvalue weighted by atomic mass is 16.5. The molecule has 0 unspecified atom stereocenters. The molecular weight excluding hydrogens is 302 g/mol. The van der Waals surface area contributed by atoms with Gasteiger partial charge in [-0.05, 0) is 29.3 Å². The molecular formula is C19H23N3O2. The van der Waals surface area contributed by atoms with Gasteiger partial charge in [0.05, 0.1) is 13.2 Å². The molecule has 24 heavy (non-hydrogen) atoms. The number of carbonyl (C=O) groups is 1. The Morgan fingerprint density at radius 3 is 2.67 bits per heavy atom. The van der Waals surface area contributed by atoms with Gasteiger partial charge in [0.25, 0.3) is 0 Å². The number of aromatic nitrogens is 1. The normalized spacial score (nSPS) is 18.4. The molecule has 1 fully saturated rings. The summed E-state index contributed by atoms with van der Waals surface area (Å²) in [5.41, 5.74) is 2.34. The maximum absolute atomic E-state index is 12.0. The number of nitrogens with zero attached hydrogens (tertiary/aromatic N) is 3. The Labute approximate surface area is 142 Å². The zero-order chi connectivity index (χ0) is 16.9. The number of hydrogen-bond acceptors (Lipinski definition) is 4. The minimum Gasteiger partial charge on any atom is -0.497 e. The molecule has 0 N–H and O–H groups in total. The van der Waals surface area contributed by atoms with Gasteiger partial charge in [0.1, 0.15) is 5.75 Å². The van der Waals surface area contributed by atoms with E-state index in [0.29, 0.717) is 0 Å². The highest BCUT2D eigenvalue weighted by Gasteiger charge is 2.29. The third kappa shape index (κ3) is 3.74. The molecule has 126 valence electrons. The summed E-state index contributed by atoms with van der Waals surface area (Å²) in [6.45, 7) is 4.94. The highest BCUT2D eigenvalue weighted by molar-refractivity contribution is 5.74. The number of amides is 1. The van der Waals surface area contributed by atoms with Crippen molar-refractivity contribution < 1.29 is 9.53 Å². The molecule has 1 aromatic heterocycles. The third-order valence-corrected chi connectivity index (χ3v) is 4.50. The number of methoxy groups -OCH3 is 1. The van der Waals surface area contributed by atoms with Gasteiger partial charge >= 0.3 is 0 Å². The van der Waals surface area contributed by atoms with Gasteiger partial charge < -0.3 is 9.64 Å². The Morgan fingerprint density at radius 1 is 1.25 bits per heavy atom. The van der Waals surface area contributed by atoms with Crippen molar-refractivity contribution in [3.63, 3.8) is 0 Å². The Hall–Kier alpha value is -2.40. The summed E-state index contributed by atoms with van der Waals surface area (Å²) in [6.07, 6.45) is 3.69. The van der Waals surface area contributed by atoms with E-state index in [9.17, 15) is 4.79 Å². The van der Waals surface area contributed by atoms with Crippen molar-refractivity contribution in [1.29, 1.82) is 0 Å². The van der Waals surface area contributed by atoms with Gasteiger partial charge in [0.15, 0.2) is 0 Å². The predicted molar refractivity (Wildman–Crippen MR) is 92.6 cm³/mol. The van der Waals surface area contributed by atoms with E-state index in [4.69, 9.17) is 4.74 Å². The van der Waals surface area contributed by atoms with Crippen LogP contribution in [0.15, 0.2) is 48.8 Å². The zero-order valence-electron chi connectivity index (χ0n) is 14.2. The van der Waals surface area contributed by atoms with E-state index in [-0.39, 0.29) is 11.9 Å². The first-order chi connectivity index (χ1) is 11.7. The Bertz CT molecular complexity index is 673. The number of hydrogen-bond donors (Lipinski definition) is 0. The fraction of sp³-hybridized carbons (Fsp3) is 0.368. The van der Waals surface area contributed by atoms with Crippen LogP contribution in [0.5, 0.6) is 5.75 Å². The molecule has 0 saturated carbocycles. The summed E-state index contributed by atoms with van der Waals surface area (Å²) in [7, 11) is 1.66. The molecule has 0 radical (unpaired) electrons. The molecule has 1 aliphatic heterocycles. The van der Waals surface area contributed by atoms with Crippen LogP contribution < -0.4 is 4.74 Å². The molecule has 1 saturated heterocycles. The third-order valence-electron chi connectivity index (χ3n) is 4.50. The lowest BCUT2D eigenvalue weighted by Gasteiger charge is -2.41. The largest absolute Gasteiger partial charge is 0.497 e. The molecule has 5 nitrogen and oxygen atoms in total. The zero-order valence-corrected chi connectivity index (χ0v) is 14.2. The number of benzene rings is 1. The van der Waals surface area contributed by atoms with Crippen molar-refractivity contribution in [2.45, 2.75) is 19.5 Å². The van der Waals surface area contributed by atoms with E-state index in [2.05, 4.69) is 16.0 Å². The van der Waals surface area contributed by atoms with Crippen LogP contribution in [0.2, 0.25) is 0 Å². The molecule has 3 rings (SSSR count). The first-order valence-corrected chi connectivity index (χ1v) is 8.20. The summed E-state index contributed by atoms with van der Waals surface area (Å²) in [5.74, 6) is 0.952. The molecule has 1 aliphatic rings. The van der Waals surface area contributed by atoms with E-state index in [0.717, 1.165) is 37.5 Å². The second kappa shape index (κ2) is 7.45. The van der Waals surface area contributed by atoms with Crippen LogP contribution in [-0.4, -0.2) is 47.4 Å². The predicted octanol–water partition coefficient (Wildman–Crippen LogP) is 2.50. The van der Waals surface area contributed by atoms with Gasteiger partial charge in [0, 0.05) is 45.5 Å². The fourth-order valence-electron chi connectivity index (χ4n) is 3.22. The van der Waals surface area contributed by atoms with Gasteiger partial charge in [0.2, 0.25) is 5.91 Å². The molecule has 0 spiro atoms. The second-order valence-electron chi connectivity index (χ2n) is 6.10. The van der Waals surface area contributed by atoms with Crippen LogP contribution in [0.3, 0.4) is 0 Å². The van der Waals surface area contributed by atoms with Gasteiger partial charge in [-0.2, -0.15) is 0 Å². The van der Waals surface area contributed by atoms with Crippen molar-refractivity contribution in [2.75, 3.05) is 26.7 Å². The molecule has 1 aromatic carbocycles. The van der Waals surface area contributed by atoms with Gasteiger partial charge in [-0.15, -0.1) is 0 Å². The van der Waals surface area contributed by atoms with Crippen LogP contribution >= 0.6 is 0 Å². The quantitative estimate of drug-likeness (QED) is 0.866. The van der Waals surface area contributed by atoms with E-state index in [1.54, 1.807) is 20.2 Å². The molecule has 5 heteroatoms. The second-order valence-corrected chi connectivity index (χ2v) is 6.10. The highest BCUT2D eigenvalue weighted by Crippen LogP contribution is 2.27. The van der Waals surface area contributed by atoms with Crippen LogP contribution in [0.4, 0.5) is 0 Å². The molecule has 1 atom stereocenters. The molecule has 2 aromatic rings. The number of piperazine rings is 1. The molecule has 0 bridgehead atoms. The maximum atomic E-state index is 12.0. The lowest BCUT2D eigenvalue weighted by molar-refractivity contribution is -0.134. The average Bonchev–Trinajstić information content (AvgIpc) is 2.62. The Morgan fingerprint density at radius 2 is 2.04 bits per heavy atom. The Balaban J connectivity index is 1.77. The van der Waals surface area contributed by atoms with Crippen LogP contribution in [-0.2, 0) is 11.3 Å². The average molecular weight is 325 g/mol. The SMILES string of the molecule is COc1ccc([C@@H]2CN(Cc3cccnc3)CCN2C(C)=O)cc1. The first-order valence-electron chi connectivity index (χ1n) is 8.20. The van der Waals surface area contributed by atoms with Crippen molar-refractivity contribution in [3.05, 3.63) is 59.9 Å². The lowest BCUT2D eigenvalue weighted by Crippen LogP contribution is -2.49. The van der Waals surface area contributed by atoms with E-state index >= 15 is 0 Å². The van der Waals surface area contributed by atoms with Crippen molar-refractivity contribution in [2.24, 2.45) is 0 Å². The topological polar surface area (TPSA) is 45.7 Å². The van der Waals surface area contributed by atoms with Crippen molar-refractivity contribution in [1.82, 2.24) is 14.8 Å². The first kappa shape index (κ1) is 16.5. The van der Waals surface area contributed by atoms with Gasteiger partial charge in [-0.1, -0.05) is 18.2 Å². The molecule has 2 heterocycles. The summed E-state index contributed by atoms with van der Waals surface area (Å²) in [6, 6.07) is 12.1. The smallest absolute Gasteiger partial charge is 0.220 e. The number of ether oxygens (including phenoxy) is 1. The van der Waals surface area contributed by atoms with Crippen LogP contribution in [0, 0.1) is 0 Å². The van der Waals surface area contributed by atoms with Gasteiger partial charge in [-0.25, -0.2) is 0 Å². The molecule has 1 amide bonds. The van der Waals surface area contributed by atoms with Crippen molar-refractivity contribution >= 4 is 5.91 Å². The standard InChI is InChI=1S/C19H23N3O2/c1-15(23)22-11-10-21(13-16-4-3-9-20-12-16)14-19(22)17-5-7-18(24-2)8-6-17/h3-9,12,19H,10-11,13-14H2,1-2H3/t19-/m0/s1. The summed E-state index contributed by atoms with van der Waals surface area (Å²) < 4.78 is 5.23. The Kier molecular flexibility index (Phi) is 5.11. The monoisotopic (exact) mass is 325 g/mol. The number of carbonyl (C=O) groups excluding carboxylic acids is 1. The number of rotatable bonds is 4. The summed E-state index contributed by atoms with van der Waals surface area (Å²) in [4.78, 5) is 20.6. The van der Waals surface area contributed by atoms with Gasteiger partial charge in [-0.3, -0.25) is 14.7 Å². The van der Waals surface area contributed by atoms with Crippen molar-refractivity contribution in [3.8, 4) is 5.75 Å². The van der Waals surface area contributed by atoms with E-state index in [1.165, 1.54) is 5.56 Å². The van der Waals surface area contributed by atoms with E-state index in [1.807, 2.05) is 41.4 Å². The summed E-state index contributed by atoms with van der Waals surface area (Å²) >= 11 is 0. The van der Waals surface area contributed by atoms with Crippen LogP contribution in [0.25, 0.3) is 0 Å². The minimum atomic E-state index is 0.0684. The van der Waals surface area contributed by atoms with Crippen LogP contribution in [0.1, 0.15) is 24.1 Å². The maximum Gasteiger partial charge on any atom is 0.220 e. The number of pyridine rings is 1. The van der Waals surface area contributed by atoms with E-state index < -0.39 is 0 Å². The lowest BCUT2D eigenvalue weighted by atomic mass is 10.0.